The first-order valence-corrected chi connectivity index (χ1v) is 3.59. The Hall–Kier alpha value is -1.06. The Balaban J connectivity index is 0.000000206. The molecule has 0 aliphatic heterocycles. The molecule has 0 amide bonds. The van der Waals surface area contributed by atoms with Gasteiger partial charge in [-0.1, -0.05) is 36.4 Å². The fourth-order valence-corrected chi connectivity index (χ4v) is 0.631. The van der Waals surface area contributed by atoms with E-state index in [1.807, 2.05) is 13.8 Å². The van der Waals surface area contributed by atoms with Gasteiger partial charge in [0.1, 0.15) is 0 Å². The number of hydrogen-bond donors (Lipinski definition) is 0. The van der Waals surface area contributed by atoms with Crippen molar-refractivity contribution in [1.82, 2.24) is 19.9 Å². The van der Waals surface area contributed by atoms with E-state index in [1.54, 1.807) is 24.8 Å². The predicted molar refractivity (Wildman–Crippen MR) is 44.6 cm³/mol. The van der Waals surface area contributed by atoms with Gasteiger partial charge in [0.2, 0.25) is 0 Å². The number of imidazole rings is 2. The first kappa shape index (κ1) is 11.9. The Morgan fingerprint density at radius 1 is 0.923 bits per heavy atom. The van der Waals surface area contributed by atoms with Crippen LogP contribution in [-0.2, 0) is 17.1 Å². The molecule has 4 nitrogen and oxygen atoms in total. The second-order valence-electron chi connectivity index (χ2n) is 2.21. The Morgan fingerprint density at radius 2 is 1.31 bits per heavy atom. The molecule has 0 aromatic carbocycles. The van der Waals surface area contributed by atoms with E-state index in [-0.39, 0.29) is 17.1 Å². The van der Waals surface area contributed by atoms with Crippen LogP contribution in [0.25, 0.3) is 0 Å². The Morgan fingerprint density at radius 3 is 1.38 bits per heavy atom. The van der Waals surface area contributed by atoms with Gasteiger partial charge in [-0.15, -0.1) is 0 Å². The fourth-order valence-electron chi connectivity index (χ4n) is 0.631. The van der Waals surface area contributed by atoms with E-state index < -0.39 is 0 Å². The molecule has 0 unspecified atom stereocenters. The average Bonchev–Trinajstić information content (AvgIpc) is 2.63. The molecule has 13 heavy (non-hydrogen) atoms. The van der Waals surface area contributed by atoms with Crippen molar-refractivity contribution in [3.63, 3.8) is 0 Å². The molecular weight excluding hydrogens is 208 g/mol. The fraction of sp³-hybridized carbons (Fsp3) is 0.250. The largest absolute Gasteiger partial charge is 2.00 e. The van der Waals surface area contributed by atoms with Crippen LogP contribution in [0.15, 0.2) is 24.8 Å². The second-order valence-corrected chi connectivity index (χ2v) is 2.21. The topological polar surface area (TPSA) is 54.0 Å². The summed E-state index contributed by atoms with van der Waals surface area (Å²) in [5.41, 5.74) is 0. The third-order valence-electron chi connectivity index (χ3n) is 1.18. The monoisotopic (exact) mass is 218 g/mol. The van der Waals surface area contributed by atoms with Gasteiger partial charge in [0.15, 0.2) is 0 Å². The number of rotatable bonds is 0. The van der Waals surface area contributed by atoms with Crippen LogP contribution in [0.2, 0.25) is 0 Å². The molecule has 2 rings (SSSR count). The zero-order valence-electron chi connectivity index (χ0n) is 7.45. The quantitative estimate of drug-likeness (QED) is 0.610. The molecule has 0 spiro atoms. The van der Waals surface area contributed by atoms with Crippen molar-refractivity contribution in [2.24, 2.45) is 0 Å². The normalized spacial score (nSPS) is 8.15. The van der Waals surface area contributed by atoms with Crippen LogP contribution >= 0.6 is 0 Å². The summed E-state index contributed by atoms with van der Waals surface area (Å²) in [6.45, 7) is 3.72. The summed E-state index contributed by atoms with van der Waals surface area (Å²) in [6, 6.07) is 0. The van der Waals surface area contributed by atoms with Gasteiger partial charge < -0.3 is 19.9 Å². The standard InChI is InChI=1S/2C4H5N2.Fe/c2*1-4-5-2-3-6-4;/h2*2-3H,1H3;/q2*-1;+2. The molecule has 0 saturated carbocycles. The Kier molecular flexibility index (Phi) is 5.93. The molecule has 2 aromatic heterocycles. The number of nitrogens with zero attached hydrogens (tertiary/aromatic N) is 4. The van der Waals surface area contributed by atoms with E-state index >= 15 is 0 Å². The molecule has 0 fully saturated rings. The van der Waals surface area contributed by atoms with Gasteiger partial charge in [0.05, 0.1) is 0 Å². The molecule has 2 aromatic rings. The minimum Gasteiger partial charge on any atom is -0.447 e. The van der Waals surface area contributed by atoms with Crippen molar-refractivity contribution in [1.29, 1.82) is 0 Å². The molecule has 0 bridgehead atoms. The van der Waals surface area contributed by atoms with E-state index in [0.717, 1.165) is 11.6 Å². The summed E-state index contributed by atoms with van der Waals surface area (Å²) in [5, 5.41) is 0. The summed E-state index contributed by atoms with van der Waals surface area (Å²) in [6.07, 6.45) is 6.70. The van der Waals surface area contributed by atoms with Crippen molar-refractivity contribution in [3.05, 3.63) is 36.4 Å². The van der Waals surface area contributed by atoms with E-state index in [0.29, 0.717) is 0 Å². The van der Waals surface area contributed by atoms with Crippen molar-refractivity contribution in [2.45, 2.75) is 13.8 Å². The summed E-state index contributed by atoms with van der Waals surface area (Å²) >= 11 is 0. The maximum absolute atomic E-state index is 3.81. The van der Waals surface area contributed by atoms with Crippen LogP contribution in [-0.4, -0.2) is 9.97 Å². The van der Waals surface area contributed by atoms with Crippen molar-refractivity contribution in [3.8, 4) is 0 Å². The Bertz CT molecular complexity index is 256. The van der Waals surface area contributed by atoms with Gasteiger partial charge in [-0.3, -0.25) is 0 Å². The van der Waals surface area contributed by atoms with Crippen LogP contribution in [0.1, 0.15) is 11.6 Å². The number of hydrogen-bond acceptors (Lipinski definition) is 2. The Labute approximate surface area is 87.7 Å². The zero-order chi connectivity index (χ0) is 8.81. The first-order chi connectivity index (χ1) is 5.79. The van der Waals surface area contributed by atoms with Crippen LogP contribution < -0.4 is 9.97 Å². The van der Waals surface area contributed by atoms with Crippen LogP contribution in [0.4, 0.5) is 0 Å². The van der Waals surface area contributed by atoms with Crippen molar-refractivity contribution < 1.29 is 17.1 Å². The van der Waals surface area contributed by atoms with Crippen LogP contribution in [0.3, 0.4) is 0 Å². The second kappa shape index (κ2) is 6.45. The zero-order valence-corrected chi connectivity index (χ0v) is 8.56. The van der Waals surface area contributed by atoms with Gasteiger partial charge in [-0.25, -0.2) is 0 Å². The molecular formula is C8H10FeN4. The molecule has 0 aliphatic carbocycles. The summed E-state index contributed by atoms with van der Waals surface area (Å²) in [5.74, 6) is 1.69. The number of aryl methyl sites for hydroxylation is 2. The minimum absolute atomic E-state index is 0. The maximum Gasteiger partial charge on any atom is 2.00 e. The first-order valence-electron chi connectivity index (χ1n) is 3.59. The molecule has 0 radical (unpaired) electrons. The summed E-state index contributed by atoms with van der Waals surface area (Å²) < 4.78 is 0. The molecule has 0 atom stereocenters. The molecule has 0 saturated heterocycles. The van der Waals surface area contributed by atoms with E-state index in [9.17, 15) is 0 Å². The van der Waals surface area contributed by atoms with E-state index in [4.69, 9.17) is 0 Å². The van der Waals surface area contributed by atoms with Crippen molar-refractivity contribution in [2.75, 3.05) is 0 Å². The molecule has 2 heterocycles. The van der Waals surface area contributed by atoms with Gasteiger partial charge >= 0.3 is 17.1 Å². The SMILES string of the molecule is Cc1ncc[n-]1.Cc1ncc[n-]1.[Fe+2]. The van der Waals surface area contributed by atoms with Gasteiger partial charge in [-0.2, -0.15) is 0 Å². The van der Waals surface area contributed by atoms with Crippen LogP contribution in [0.5, 0.6) is 0 Å². The average molecular weight is 218 g/mol. The van der Waals surface area contributed by atoms with Gasteiger partial charge in [0.25, 0.3) is 0 Å². The molecule has 5 heteroatoms. The predicted octanol–water partition coefficient (Wildman–Crippen LogP) is 0.692. The summed E-state index contributed by atoms with van der Waals surface area (Å²) in [4.78, 5) is 15.2. The minimum atomic E-state index is 0. The molecule has 0 aliphatic rings. The van der Waals surface area contributed by atoms with E-state index in [1.165, 1.54) is 0 Å². The van der Waals surface area contributed by atoms with Crippen LogP contribution in [0, 0.1) is 13.8 Å². The maximum atomic E-state index is 3.81. The van der Waals surface area contributed by atoms with Gasteiger partial charge in [-0.05, 0) is 13.8 Å². The molecule has 70 valence electrons. The third-order valence-corrected chi connectivity index (χ3v) is 1.18. The van der Waals surface area contributed by atoms with Crippen molar-refractivity contribution >= 4 is 0 Å². The third kappa shape index (κ3) is 5.22. The smallest absolute Gasteiger partial charge is 0.447 e. The summed E-state index contributed by atoms with van der Waals surface area (Å²) in [7, 11) is 0. The van der Waals surface area contributed by atoms with E-state index in [2.05, 4.69) is 19.9 Å². The number of aromatic nitrogens is 4. The van der Waals surface area contributed by atoms with Gasteiger partial charge in [0, 0.05) is 0 Å². The molecule has 0 N–H and O–H groups in total.